The molecule has 1 aromatic carbocycles. The summed E-state index contributed by atoms with van der Waals surface area (Å²) in [5.74, 6) is 0.0738. The molecule has 0 radical (unpaired) electrons. The van der Waals surface area contributed by atoms with E-state index in [-0.39, 0.29) is 5.91 Å². The number of hydrogen-bond acceptors (Lipinski definition) is 2. The van der Waals surface area contributed by atoms with Gasteiger partial charge in [0.2, 0.25) is 5.91 Å². The number of aromatic amines is 1. The van der Waals surface area contributed by atoms with Gasteiger partial charge < -0.3 is 15.2 Å². The molecule has 0 atom stereocenters. The lowest BCUT2D eigenvalue weighted by Gasteiger charge is -2.15. The molecule has 0 aliphatic heterocycles. The van der Waals surface area contributed by atoms with Gasteiger partial charge in [0.15, 0.2) is 0 Å². The average molecular weight is 257 g/mol. The fraction of sp³-hybridized carbons (Fsp3) is 0.267. The Morgan fingerprint density at radius 1 is 1.32 bits per heavy atom. The van der Waals surface area contributed by atoms with Crippen LogP contribution in [-0.4, -0.2) is 22.8 Å². The monoisotopic (exact) mass is 257 g/mol. The number of rotatable bonds is 5. The van der Waals surface area contributed by atoms with Crippen molar-refractivity contribution in [1.29, 1.82) is 0 Å². The van der Waals surface area contributed by atoms with Crippen molar-refractivity contribution in [1.82, 2.24) is 9.88 Å². The molecule has 4 nitrogen and oxygen atoms in total. The highest BCUT2D eigenvalue weighted by Gasteiger charge is 2.03. The first-order chi connectivity index (χ1) is 9.15. The predicted molar refractivity (Wildman–Crippen MR) is 76.7 cm³/mol. The fourth-order valence-electron chi connectivity index (χ4n) is 1.84. The van der Waals surface area contributed by atoms with Crippen LogP contribution in [0.2, 0.25) is 0 Å². The largest absolute Gasteiger partial charge is 0.379 e. The lowest BCUT2D eigenvalue weighted by molar-refractivity contribution is -0.128. The summed E-state index contributed by atoms with van der Waals surface area (Å²) in [5, 5.41) is 3.36. The predicted octanol–water partition coefficient (Wildman–Crippen LogP) is 2.61. The molecule has 0 aliphatic rings. The van der Waals surface area contributed by atoms with Gasteiger partial charge in [0.1, 0.15) is 0 Å². The maximum Gasteiger partial charge on any atom is 0.219 e. The number of aromatic nitrogens is 1. The van der Waals surface area contributed by atoms with Crippen molar-refractivity contribution in [2.75, 3.05) is 12.4 Å². The number of H-pyrrole nitrogens is 1. The van der Waals surface area contributed by atoms with Crippen molar-refractivity contribution >= 4 is 11.6 Å². The van der Waals surface area contributed by atoms with E-state index in [0.717, 1.165) is 23.5 Å². The number of nitrogens with zero attached hydrogens (tertiary/aromatic N) is 1. The molecule has 0 bridgehead atoms. The van der Waals surface area contributed by atoms with Crippen molar-refractivity contribution in [3.8, 4) is 0 Å². The van der Waals surface area contributed by atoms with Crippen LogP contribution in [0.15, 0.2) is 42.6 Å². The third-order valence-electron chi connectivity index (χ3n) is 3.03. The number of amides is 1. The molecule has 0 aliphatic carbocycles. The maximum absolute atomic E-state index is 11.2. The van der Waals surface area contributed by atoms with Gasteiger partial charge in [-0.05, 0) is 29.8 Å². The standard InChI is InChI=1S/C15H19N3O/c1-12(19)18(2)11-13-5-3-6-14(9-13)17-10-15-7-4-8-16-15/h3-9,16-17H,10-11H2,1-2H3. The summed E-state index contributed by atoms with van der Waals surface area (Å²) in [4.78, 5) is 16.1. The van der Waals surface area contributed by atoms with Crippen LogP contribution in [0.1, 0.15) is 18.2 Å². The zero-order valence-electron chi connectivity index (χ0n) is 11.3. The van der Waals surface area contributed by atoms with Gasteiger partial charge in [-0.2, -0.15) is 0 Å². The van der Waals surface area contributed by atoms with Gasteiger partial charge in [0, 0.05) is 38.1 Å². The number of carbonyl (C=O) groups excluding carboxylic acids is 1. The van der Waals surface area contributed by atoms with Gasteiger partial charge in [-0.1, -0.05) is 12.1 Å². The van der Waals surface area contributed by atoms with E-state index in [2.05, 4.69) is 16.4 Å². The lowest BCUT2D eigenvalue weighted by Crippen LogP contribution is -2.23. The molecule has 0 fully saturated rings. The normalized spacial score (nSPS) is 10.2. The highest BCUT2D eigenvalue weighted by atomic mass is 16.2. The Labute approximate surface area is 113 Å². The number of hydrogen-bond donors (Lipinski definition) is 2. The molecule has 0 spiro atoms. The highest BCUT2D eigenvalue weighted by Crippen LogP contribution is 2.13. The zero-order valence-corrected chi connectivity index (χ0v) is 11.3. The molecule has 2 rings (SSSR count). The fourth-order valence-corrected chi connectivity index (χ4v) is 1.84. The summed E-state index contributed by atoms with van der Waals surface area (Å²) in [7, 11) is 1.81. The van der Waals surface area contributed by atoms with Crippen molar-refractivity contribution < 1.29 is 4.79 Å². The van der Waals surface area contributed by atoms with E-state index in [1.54, 1.807) is 18.9 Å². The van der Waals surface area contributed by atoms with E-state index in [9.17, 15) is 4.79 Å². The Morgan fingerprint density at radius 2 is 2.16 bits per heavy atom. The molecule has 0 saturated carbocycles. The summed E-state index contributed by atoms with van der Waals surface area (Å²) >= 11 is 0. The van der Waals surface area contributed by atoms with Crippen LogP contribution in [0.25, 0.3) is 0 Å². The maximum atomic E-state index is 11.2. The van der Waals surface area contributed by atoms with Crippen molar-refractivity contribution in [2.24, 2.45) is 0 Å². The van der Waals surface area contributed by atoms with E-state index >= 15 is 0 Å². The molecule has 1 aromatic heterocycles. The first-order valence-electron chi connectivity index (χ1n) is 6.32. The van der Waals surface area contributed by atoms with Gasteiger partial charge in [0.25, 0.3) is 0 Å². The molecule has 2 aromatic rings. The minimum Gasteiger partial charge on any atom is -0.379 e. The summed E-state index contributed by atoms with van der Waals surface area (Å²) < 4.78 is 0. The topological polar surface area (TPSA) is 48.1 Å². The first-order valence-corrected chi connectivity index (χ1v) is 6.32. The zero-order chi connectivity index (χ0) is 13.7. The second-order valence-corrected chi connectivity index (χ2v) is 4.62. The van der Waals surface area contributed by atoms with Crippen LogP contribution in [0.4, 0.5) is 5.69 Å². The van der Waals surface area contributed by atoms with E-state index in [0.29, 0.717) is 6.54 Å². The van der Waals surface area contributed by atoms with Crippen LogP contribution in [0, 0.1) is 0 Å². The Hall–Kier alpha value is -2.23. The highest BCUT2D eigenvalue weighted by molar-refractivity contribution is 5.72. The third kappa shape index (κ3) is 3.88. The average Bonchev–Trinajstić information content (AvgIpc) is 2.90. The molecular weight excluding hydrogens is 238 g/mol. The molecular formula is C15H19N3O. The smallest absolute Gasteiger partial charge is 0.219 e. The van der Waals surface area contributed by atoms with Crippen molar-refractivity contribution in [3.05, 3.63) is 53.9 Å². The summed E-state index contributed by atoms with van der Waals surface area (Å²) in [6.07, 6.45) is 1.91. The molecule has 0 saturated heterocycles. The minimum absolute atomic E-state index is 0.0738. The minimum atomic E-state index is 0.0738. The van der Waals surface area contributed by atoms with E-state index in [1.807, 2.05) is 36.5 Å². The van der Waals surface area contributed by atoms with Gasteiger partial charge in [0.05, 0.1) is 6.54 Å². The van der Waals surface area contributed by atoms with E-state index in [4.69, 9.17) is 0 Å². The van der Waals surface area contributed by atoms with Gasteiger partial charge >= 0.3 is 0 Å². The molecule has 19 heavy (non-hydrogen) atoms. The lowest BCUT2D eigenvalue weighted by atomic mass is 10.2. The van der Waals surface area contributed by atoms with E-state index in [1.165, 1.54) is 0 Å². The van der Waals surface area contributed by atoms with Gasteiger partial charge in [-0.3, -0.25) is 4.79 Å². The van der Waals surface area contributed by atoms with Crippen LogP contribution in [0.3, 0.4) is 0 Å². The van der Waals surface area contributed by atoms with Crippen LogP contribution >= 0.6 is 0 Å². The Morgan fingerprint density at radius 3 is 2.84 bits per heavy atom. The molecule has 4 heteroatoms. The molecule has 1 heterocycles. The quantitative estimate of drug-likeness (QED) is 0.865. The summed E-state index contributed by atoms with van der Waals surface area (Å²) in [6, 6.07) is 12.2. The Balaban J connectivity index is 1.96. The summed E-state index contributed by atoms with van der Waals surface area (Å²) in [5.41, 5.74) is 3.32. The van der Waals surface area contributed by atoms with Crippen molar-refractivity contribution in [3.63, 3.8) is 0 Å². The summed E-state index contributed by atoms with van der Waals surface area (Å²) in [6.45, 7) is 2.97. The molecule has 100 valence electrons. The molecule has 1 amide bonds. The number of anilines is 1. The first kappa shape index (κ1) is 13.2. The molecule has 2 N–H and O–H groups in total. The SMILES string of the molecule is CC(=O)N(C)Cc1cccc(NCc2ccc[nH]2)c1. The molecule has 0 unspecified atom stereocenters. The van der Waals surface area contributed by atoms with Gasteiger partial charge in [-0.25, -0.2) is 0 Å². The van der Waals surface area contributed by atoms with Crippen LogP contribution < -0.4 is 5.32 Å². The van der Waals surface area contributed by atoms with E-state index < -0.39 is 0 Å². The second-order valence-electron chi connectivity index (χ2n) is 4.62. The van der Waals surface area contributed by atoms with Crippen LogP contribution in [0.5, 0.6) is 0 Å². The number of carbonyl (C=O) groups is 1. The Bertz CT molecular complexity index is 534. The third-order valence-corrected chi connectivity index (χ3v) is 3.03. The second kappa shape index (κ2) is 6.09. The Kier molecular flexibility index (Phi) is 4.23. The number of nitrogens with one attached hydrogen (secondary N) is 2. The van der Waals surface area contributed by atoms with Gasteiger partial charge in [-0.15, -0.1) is 0 Å². The van der Waals surface area contributed by atoms with Crippen molar-refractivity contribution in [2.45, 2.75) is 20.0 Å². The van der Waals surface area contributed by atoms with Crippen LogP contribution in [-0.2, 0) is 17.9 Å². The number of benzene rings is 1.